The molecule has 0 spiro atoms. The van der Waals surface area contributed by atoms with Crippen LogP contribution in [0.2, 0.25) is 0 Å². The Morgan fingerprint density at radius 1 is 1.80 bits per heavy atom. The zero-order valence-corrected chi connectivity index (χ0v) is 6.02. The average molecular weight is 144 g/mol. The van der Waals surface area contributed by atoms with Crippen molar-refractivity contribution in [2.75, 3.05) is 26.8 Å². The molecule has 0 bridgehead atoms. The monoisotopic (exact) mass is 144 g/mol. The number of ether oxygens (including phenoxy) is 1. The molecule has 58 valence electrons. The van der Waals surface area contributed by atoms with E-state index >= 15 is 0 Å². The number of rotatable bonds is 2. The first-order valence-electron chi connectivity index (χ1n) is 3.32. The fourth-order valence-electron chi connectivity index (χ4n) is 0.991. The second kappa shape index (κ2) is 3.53. The molecule has 2 N–H and O–H groups in total. The van der Waals surface area contributed by atoms with Crippen LogP contribution in [-0.4, -0.2) is 38.8 Å². The van der Waals surface area contributed by atoms with E-state index < -0.39 is 0 Å². The molecule has 0 aromatic heterocycles. The van der Waals surface area contributed by atoms with Crippen molar-refractivity contribution in [3.05, 3.63) is 0 Å². The van der Waals surface area contributed by atoms with Gasteiger partial charge in [0, 0.05) is 13.7 Å². The average Bonchev–Trinajstić information content (AvgIpc) is 1.88. The van der Waals surface area contributed by atoms with E-state index in [-0.39, 0.29) is 11.9 Å². The van der Waals surface area contributed by atoms with E-state index in [9.17, 15) is 4.79 Å². The van der Waals surface area contributed by atoms with Crippen molar-refractivity contribution in [3.63, 3.8) is 0 Å². The molecule has 0 aromatic carbocycles. The van der Waals surface area contributed by atoms with Gasteiger partial charge in [-0.05, 0) is 0 Å². The molecule has 1 aliphatic rings. The molecule has 1 heterocycles. The summed E-state index contributed by atoms with van der Waals surface area (Å²) in [5.74, 6) is 0.0494. The minimum absolute atomic E-state index is 0.0494. The predicted octanol–water partition coefficient (Wildman–Crippen LogP) is -1.28. The number of carbonyl (C=O) groups excluding carboxylic acids is 1. The summed E-state index contributed by atoms with van der Waals surface area (Å²) in [6, 6.07) is 0.145. The Morgan fingerprint density at radius 2 is 2.60 bits per heavy atom. The third-order valence-electron chi connectivity index (χ3n) is 1.41. The first-order valence-corrected chi connectivity index (χ1v) is 3.32. The lowest BCUT2D eigenvalue weighted by Gasteiger charge is -2.23. The maximum absolute atomic E-state index is 10.7. The summed E-state index contributed by atoms with van der Waals surface area (Å²) in [5.41, 5.74) is 0. The maximum Gasteiger partial charge on any atom is 0.234 e. The number of hydrogen-bond acceptors (Lipinski definition) is 3. The summed E-state index contributed by atoms with van der Waals surface area (Å²) in [4.78, 5) is 10.7. The number of carbonyl (C=O) groups is 1. The molecule has 0 aliphatic carbocycles. The van der Waals surface area contributed by atoms with Crippen molar-refractivity contribution in [1.82, 2.24) is 10.6 Å². The summed E-state index contributed by atoms with van der Waals surface area (Å²) in [6.07, 6.45) is 0. The van der Waals surface area contributed by atoms with Gasteiger partial charge in [-0.1, -0.05) is 0 Å². The van der Waals surface area contributed by atoms with Gasteiger partial charge >= 0.3 is 0 Å². The van der Waals surface area contributed by atoms with Gasteiger partial charge in [0.15, 0.2) is 0 Å². The van der Waals surface area contributed by atoms with Crippen molar-refractivity contribution in [3.8, 4) is 0 Å². The largest absolute Gasteiger partial charge is 0.383 e. The van der Waals surface area contributed by atoms with Gasteiger partial charge in [0.05, 0.1) is 19.2 Å². The van der Waals surface area contributed by atoms with E-state index in [2.05, 4.69) is 10.6 Å². The van der Waals surface area contributed by atoms with Crippen LogP contribution in [0.5, 0.6) is 0 Å². The van der Waals surface area contributed by atoms with E-state index in [4.69, 9.17) is 4.74 Å². The second-order valence-electron chi connectivity index (χ2n) is 2.35. The van der Waals surface area contributed by atoms with Crippen molar-refractivity contribution >= 4 is 5.91 Å². The number of methoxy groups -OCH3 is 1. The first-order chi connectivity index (χ1) is 4.83. The van der Waals surface area contributed by atoms with Crippen LogP contribution in [0.4, 0.5) is 0 Å². The van der Waals surface area contributed by atoms with Crippen molar-refractivity contribution in [1.29, 1.82) is 0 Å². The van der Waals surface area contributed by atoms with Gasteiger partial charge in [-0.2, -0.15) is 0 Å². The molecule has 4 nitrogen and oxygen atoms in total. The molecule has 1 saturated heterocycles. The van der Waals surface area contributed by atoms with Crippen LogP contribution in [0.25, 0.3) is 0 Å². The first kappa shape index (κ1) is 7.50. The summed E-state index contributed by atoms with van der Waals surface area (Å²) in [5, 5.41) is 5.77. The van der Waals surface area contributed by atoms with Crippen molar-refractivity contribution in [2.45, 2.75) is 6.04 Å². The van der Waals surface area contributed by atoms with Gasteiger partial charge in [0.1, 0.15) is 0 Å². The van der Waals surface area contributed by atoms with Crippen LogP contribution in [0.15, 0.2) is 0 Å². The number of nitrogens with one attached hydrogen (secondary N) is 2. The third-order valence-corrected chi connectivity index (χ3v) is 1.41. The number of amides is 1. The standard InChI is InChI=1S/C6H12N2O2/c1-10-4-5-2-7-3-6(9)8-5/h5,7H,2-4H2,1H3,(H,8,9)/t5-/m1/s1. The SMILES string of the molecule is COC[C@H]1CNCC(=O)N1. The minimum atomic E-state index is 0.0494. The summed E-state index contributed by atoms with van der Waals surface area (Å²) in [6.45, 7) is 1.82. The summed E-state index contributed by atoms with van der Waals surface area (Å²) < 4.78 is 4.87. The van der Waals surface area contributed by atoms with E-state index in [0.717, 1.165) is 6.54 Å². The molecule has 0 radical (unpaired) electrons. The fourth-order valence-corrected chi connectivity index (χ4v) is 0.991. The van der Waals surface area contributed by atoms with Gasteiger partial charge in [0.2, 0.25) is 5.91 Å². The van der Waals surface area contributed by atoms with Gasteiger partial charge < -0.3 is 15.4 Å². The van der Waals surface area contributed by atoms with Crippen LogP contribution in [0, 0.1) is 0 Å². The van der Waals surface area contributed by atoms with Gasteiger partial charge in [-0.25, -0.2) is 0 Å². The molecule has 1 atom stereocenters. The quantitative estimate of drug-likeness (QED) is 0.507. The highest BCUT2D eigenvalue weighted by Crippen LogP contribution is 1.87. The normalized spacial score (nSPS) is 26.1. The fraction of sp³-hybridized carbons (Fsp3) is 0.833. The number of piperazine rings is 1. The molecule has 1 rings (SSSR count). The topological polar surface area (TPSA) is 50.4 Å². The zero-order chi connectivity index (χ0) is 7.40. The smallest absolute Gasteiger partial charge is 0.234 e. The van der Waals surface area contributed by atoms with Crippen LogP contribution >= 0.6 is 0 Å². The molecule has 10 heavy (non-hydrogen) atoms. The van der Waals surface area contributed by atoms with Gasteiger partial charge in [-0.3, -0.25) is 4.79 Å². The predicted molar refractivity (Wildman–Crippen MR) is 36.7 cm³/mol. The second-order valence-corrected chi connectivity index (χ2v) is 2.35. The Kier molecular flexibility index (Phi) is 2.65. The Labute approximate surface area is 59.9 Å². The lowest BCUT2D eigenvalue weighted by atomic mass is 10.2. The van der Waals surface area contributed by atoms with Crippen LogP contribution in [0.3, 0.4) is 0 Å². The molecular formula is C6H12N2O2. The highest BCUT2D eigenvalue weighted by molar-refractivity contribution is 5.79. The lowest BCUT2D eigenvalue weighted by molar-refractivity contribution is -0.122. The molecule has 0 unspecified atom stereocenters. The Bertz CT molecular complexity index is 125. The van der Waals surface area contributed by atoms with Crippen molar-refractivity contribution < 1.29 is 9.53 Å². The van der Waals surface area contributed by atoms with Crippen LogP contribution < -0.4 is 10.6 Å². The van der Waals surface area contributed by atoms with E-state index in [0.29, 0.717) is 13.2 Å². The molecule has 0 saturated carbocycles. The summed E-state index contributed by atoms with van der Waals surface area (Å²) in [7, 11) is 1.63. The highest BCUT2D eigenvalue weighted by Gasteiger charge is 2.16. The van der Waals surface area contributed by atoms with Crippen LogP contribution in [0.1, 0.15) is 0 Å². The van der Waals surface area contributed by atoms with E-state index in [1.807, 2.05) is 0 Å². The van der Waals surface area contributed by atoms with Crippen molar-refractivity contribution in [2.24, 2.45) is 0 Å². The molecule has 0 aromatic rings. The Balaban J connectivity index is 2.25. The lowest BCUT2D eigenvalue weighted by Crippen LogP contribution is -2.53. The summed E-state index contributed by atoms with van der Waals surface area (Å²) >= 11 is 0. The molecule has 1 fully saturated rings. The Hall–Kier alpha value is -0.610. The van der Waals surface area contributed by atoms with Crippen LogP contribution in [-0.2, 0) is 9.53 Å². The molecule has 4 heteroatoms. The van der Waals surface area contributed by atoms with E-state index in [1.54, 1.807) is 7.11 Å². The van der Waals surface area contributed by atoms with Gasteiger partial charge in [-0.15, -0.1) is 0 Å². The highest BCUT2D eigenvalue weighted by atomic mass is 16.5. The third kappa shape index (κ3) is 1.97. The molecular weight excluding hydrogens is 132 g/mol. The Morgan fingerprint density at radius 3 is 3.20 bits per heavy atom. The maximum atomic E-state index is 10.7. The molecule has 1 amide bonds. The van der Waals surface area contributed by atoms with Gasteiger partial charge in [0.25, 0.3) is 0 Å². The minimum Gasteiger partial charge on any atom is -0.383 e. The molecule has 1 aliphatic heterocycles. The number of hydrogen-bond donors (Lipinski definition) is 2. The zero-order valence-electron chi connectivity index (χ0n) is 6.02. The van der Waals surface area contributed by atoms with E-state index in [1.165, 1.54) is 0 Å².